The third-order valence-electron chi connectivity index (χ3n) is 2.99. The first-order chi connectivity index (χ1) is 9.44. The minimum absolute atomic E-state index is 0.105. The van der Waals surface area contributed by atoms with Crippen LogP contribution in [-0.4, -0.2) is 31.7 Å². The number of ether oxygens (including phenoxy) is 2. The monoisotopic (exact) mass is 280 g/mol. The zero-order chi connectivity index (χ0) is 15.2. The fourth-order valence-electron chi connectivity index (χ4n) is 1.53. The van der Waals surface area contributed by atoms with Gasteiger partial charge < -0.3 is 20.1 Å². The van der Waals surface area contributed by atoms with Crippen molar-refractivity contribution in [2.24, 2.45) is 0 Å². The van der Waals surface area contributed by atoms with E-state index in [-0.39, 0.29) is 5.91 Å². The predicted octanol–water partition coefficient (Wildman–Crippen LogP) is 2.42. The van der Waals surface area contributed by atoms with Gasteiger partial charge >= 0.3 is 0 Å². The molecular formula is C15H24N2O3. The van der Waals surface area contributed by atoms with E-state index in [1.807, 2.05) is 27.7 Å². The van der Waals surface area contributed by atoms with Crippen LogP contribution in [0.1, 0.15) is 27.7 Å². The van der Waals surface area contributed by atoms with Gasteiger partial charge in [-0.2, -0.15) is 0 Å². The zero-order valence-corrected chi connectivity index (χ0v) is 12.9. The molecule has 0 aliphatic carbocycles. The highest BCUT2D eigenvalue weighted by molar-refractivity contribution is 5.97. The van der Waals surface area contributed by atoms with Crippen molar-refractivity contribution in [2.45, 2.75) is 33.2 Å². The van der Waals surface area contributed by atoms with Gasteiger partial charge in [0.25, 0.3) is 0 Å². The number of hydrogen-bond acceptors (Lipinski definition) is 4. The Labute approximate surface area is 120 Å². The van der Waals surface area contributed by atoms with E-state index in [9.17, 15) is 4.79 Å². The fourth-order valence-corrected chi connectivity index (χ4v) is 1.53. The van der Waals surface area contributed by atoms with Crippen LogP contribution in [0.15, 0.2) is 18.2 Å². The predicted molar refractivity (Wildman–Crippen MR) is 80.5 cm³/mol. The third-order valence-corrected chi connectivity index (χ3v) is 2.99. The van der Waals surface area contributed by atoms with E-state index in [0.29, 0.717) is 30.4 Å². The molecule has 0 aliphatic rings. The SMILES string of the molecule is CCOc1ccc(NC(=O)C(C)(C)NC)cc1OCC. The quantitative estimate of drug-likeness (QED) is 0.805. The molecule has 0 atom stereocenters. The molecular weight excluding hydrogens is 256 g/mol. The maximum atomic E-state index is 12.1. The number of hydrogen-bond donors (Lipinski definition) is 2. The van der Waals surface area contributed by atoms with E-state index >= 15 is 0 Å². The average Bonchev–Trinajstić information content (AvgIpc) is 2.42. The van der Waals surface area contributed by atoms with Crippen molar-refractivity contribution in [3.05, 3.63) is 18.2 Å². The van der Waals surface area contributed by atoms with Gasteiger partial charge in [0.05, 0.1) is 18.8 Å². The normalized spacial score (nSPS) is 11.1. The highest BCUT2D eigenvalue weighted by Gasteiger charge is 2.25. The lowest BCUT2D eigenvalue weighted by Crippen LogP contribution is -2.47. The standard InChI is InChI=1S/C15H24N2O3/c1-6-19-12-9-8-11(10-13(12)20-7-2)17-14(18)15(3,4)16-5/h8-10,16H,6-7H2,1-5H3,(H,17,18). The van der Waals surface area contributed by atoms with E-state index in [2.05, 4.69) is 10.6 Å². The molecule has 2 N–H and O–H groups in total. The van der Waals surface area contributed by atoms with Crippen molar-refractivity contribution in [1.82, 2.24) is 5.32 Å². The van der Waals surface area contributed by atoms with E-state index < -0.39 is 5.54 Å². The first-order valence-electron chi connectivity index (χ1n) is 6.84. The molecule has 0 radical (unpaired) electrons. The second kappa shape index (κ2) is 7.14. The first-order valence-corrected chi connectivity index (χ1v) is 6.84. The number of carbonyl (C=O) groups excluding carboxylic acids is 1. The number of benzene rings is 1. The van der Waals surface area contributed by atoms with Crippen molar-refractivity contribution in [2.75, 3.05) is 25.6 Å². The second-order valence-corrected chi connectivity index (χ2v) is 4.86. The molecule has 0 saturated carbocycles. The number of likely N-dealkylation sites (N-methyl/N-ethyl adjacent to an activating group) is 1. The molecule has 0 aliphatic heterocycles. The van der Waals surface area contributed by atoms with Crippen LogP contribution in [0.4, 0.5) is 5.69 Å². The summed E-state index contributed by atoms with van der Waals surface area (Å²) >= 11 is 0. The molecule has 5 heteroatoms. The lowest BCUT2D eigenvalue weighted by molar-refractivity contribution is -0.121. The van der Waals surface area contributed by atoms with Gasteiger partial charge in [-0.3, -0.25) is 4.79 Å². The Morgan fingerprint density at radius 2 is 1.75 bits per heavy atom. The molecule has 1 rings (SSSR count). The van der Waals surface area contributed by atoms with Crippen LogP contribution in [0, 0.1) is 0 Å². The first kappa shape index (κ1) is 16.3. The maximum Gasteiger partial charge on any atom is 0.244 e. The topological polar surface area (TPSA) is 59.6 Å². The van der Waals surface area contributed by atoms with Gasteiger partial charge in [0.15, 0.2) is 11.5 Å². The zero-order valence-electron chi connectivity index (χ0n) is 12.9. The van der Waals surface area contributed by atoms with E-state index in [1.54, 1.807) is 25.2 Å². The summed E-state index contributed by atoms with van der Waals surface area (Å²) in [7, 11) is 1.75. The van der Waals surface area contributed by atoms with Crippen molar-refractivity contribution in [3.63, 3.8) is 0 Å². The summed E-state index contributed by atoms with van der Waals surface area (Å²) in [6.07, 6.45) is 0. The van der Waals surface area contributed by atoms with Crippen LogP contribution in [0.2, 0.25) is 0 Å². The van der Waals surface area contributed by atoms with Crippen LogP contribution < -0.4 is 20.1 Å². The average molecular weight is 280 g/mol. The number of nitrogens with one attached hydrogen (secondary N) is 2. The summed E-state index contributed by atoms with van der Waals surface area (Å²) in [5.74, 6) is 1.21. The summed E-state index contributed by atoms with van der Waals surface area (Å²) in [5, 5.41) is 5.83. The summed E-state index contributed by atoms with van der Waals surface area (Å²) in [6, 6.07) is 5.38. The summed E-state index contributed by atoms with van der Waals surface area (Å²) in [4.78, 5) is 12.1. The molecule has 0 aromatic heterocycles. The molecule has 112 valence electrons. The Balaban J connectivity index is 2.91. The number of amides is 1. The largest absolute Gasteiger partial charge is 0.490 e. The third kappa shape index (κ3) is 4.13. The Hall–Kier alpha value is -1.75. The van der Waals surface area contributed by atoms with Gasteiger partial charge in [-0.15, -0.1) is 0 Å². The number of carbonyl (C=O) groups is 1. The van der Waals surface area contributed by atoms with Crippen LogP contribution in [0.25, 0.3) is 0 Å². The van der Waals surface area contributed by atoms with Crippen LogP contribution >= 0.6 is 0 Å². The van der Waals surface area contributed by atoms with Crippen molar-refractivity contribution >= 4 is 11.6 Å². The Morgan fingerprint density at radius 3 is 2.30 bits per heavy atom. The van der Waals surface area contributed by atoms with Crippen LogP contribution in [0.3, 0.4) is 0 Å². The van der Waals surface area contributed by atoms with E-state index in [4.69, 9.17) is 9.47 Å². The molecule has 5 nitrogen and oxygen atoms in total. The maximum absolute atomic E-state index is 12.1. The van der Waals surface area contributed by atoms with Crippen LogP contribution in [0.5, 0.6) is 11.5 Å². The lowest BCUT2D eigenvalue weighted by atomic mass is 10.1. The molecule has 0 heterocycles. The summed E-state index contributed by atoms with van der Waals surface area (Å²) in [5.41, 5.74) is 0.0508. The number of rotatable bonds is 7. The van der Waals surface area contributed by atoms with Gasteiger partial charge in [0, 0.05) is 11.8 Å². The van der Waals surface area contributed by atoms with Gasteiger partial charge in [0.2, 0.25) is 5.91 Å². The smallest absolute Gasteiger partial charge is 0.244 e. The minimum atomic E-state index is -0.635. The molecule has 20 heavy (non-hydrogen) atoms. The van der Waals surface area contributed by atoms with Gasteiger partial charge in [-0.25, -0.2) is 0 Å². The fraction of sp³-hybridized carbons (Fsp3) is 0.533. The number of anilines is 1. The summed E-state index contributed by atoms with van der Waals surface area (Å²) < 4.78 is 11.0. The highest BCUT2D eigenvalue weighted by Crippen LogP contribution is 2.30. The van der Waals surface area contributed by atoms with Crippen molar-refractivity contribution in [1.29, 1.82) is 0 Å². The van der Waals surface area contributed by atoms with Crippen molar-refractivity contribution in [3.8, 4) is 11.5 Å². The highest BCUT2D eigenvalue weighted by atomic mass is 16.5. The van der Waals surface area contributed by atoms with Gasteiger partial charge in [-0.1, -0.05) is 0 Å². The van der Waals surface area contributed by atoms with Gasteiger partial charge in [0.1, 0.15) is 0 Å². The molecule has 1 amide bonds. The molecule has 0 saturated heterocycles. The molecule has 0 spiro atoms. The molecule has 1 aromatic rings. The molecule has 1 aromatic carbocycles. The van der Waals surface area contributed by atoms with Crippen molar-refractivity contribution < 1.29 is 14.3 Å². The van der Waals surface area contributed by atoms with E-state index in [1.165, 1.54) is 0 Å². The van der Waals surface area contributed by atoms with E-state index in [0.717, 1.165) is 0 Å². The Bertz CT molecular complexity index is 458. The van der Waals surface area contributed by atoms with Crippen LogP contribution in [-0.2, 0) is 4.79 Å². The molecule has 0 unspecified atom stereocenters. The molecule has 0 fully saturated rings. The Kier molecular flexibility index (Phi) is 5.82. The summed E-state index contributed by atoms with van der Waals surface area (Å²) in [6.45, 7) is 8.57. The minimum Gasteiger partial charge on any atom is -0.490 e. The lowest BCUT2D eigenvalue weighted by Gasteiger charge is -2.23. The second-order valence-electron chi connectivity index (χ2n) is 4.86. The Morgan fingerprint density at radius 1 is 1.15 bits per heavy atom. The van der Waals surface area contributed by atoms with Gasteiger partial charge in [-0.05, 0) is 46.9 Å². The molecule has 0 bridgehead atoms.